The van der Waals surface area contributed by atoms with Gasteiger partial charge in [-0.1, -0.05) is 18.2 Å². The molecule has 0 fully saturated rings. The second kappa shape index (κ2) is 8.23. The van der Waals surface area contributed by atoms with Crippen molar-refractivity contribution < 1.29 is 9.72 Å². The van der Waals surface area contributed by atoms with Gasteiger partial charge in [0.25, 0.3) is 5.69 Å². The maximum atomic E-state index is 12.9. The summed E-state index contributed by atoms with van der Waals surface area (Å²) in [5, 5.41) is 15.7. The number of rotatable bonds is 5. The summed E-state index contributed by atoms with van der Waals surface area (Å²) < 4.78 is 3.98. The maximum absolute atomic E-state index is 12.9. The van der Waals surface area contributed by atoms with E-state index >= 15 is 0 Å². The van der Waals surface area contributed by atoms with Crippen LogP contribution in [0.2, 0.25) is 0 Å². The Bertz CT molecular complexity index is 1370. The molecule has 0 aliphatic carbocycles. The van der Waals surface area contributed by atoms with Crippen molar-refractivity contribution in [2.24, 2.45) is 0 Å². The van der Waals surface area contributed by atoms with Crippen LogP contribution < -0.4 is 0 Å². The molecule has 0 saturated carbocycles. The number of amides is 1. The highest BCUT2D eigenvalue weighted by atomic mass is 16.6. The molecule has 1 aliphatic heterocycles. The van der Waals surface area contributed by atoms with Crippen molar-refractivity contribution in [1.82, 2.24) is 19.2 Å². The van der Waals surface area contributed by atoms with Gasteiger partial charge in [0.1, 0.15) is 5.82 Å². The molecule has 1 amide bonds. The smallest absolute Gasteiger partial charge is 0.269 e. The lowest BCUT2D eigenvalue weighted by molar-refractivity contribution is -0.384. The molecule has 0 atom stereocenters. The van der Waals surface area contributed by atoms with E-state index in [1.54, 1.807) is 23.1 Å². The molecule has 2 aromatic carbocycles. The quantitative estimate of drug-likeness (QED) is 0.261. The van der Waals surface area contributed by atoms with E-state index in [4.69, 9.17) is 5.10 Å². The number of hydrogen-bond donors (Lipinski definition) is 0. The normalized spacial score (nSPS) is 12.9. The van der Waals surface area contributed by atoms with Crippen LogP contribution in [0.4, 0.5) is 5.69 Å². The number of carbonyl (C=O) groups excluding carboxylic acids is 1. The first-order valence-corrected chi connectivity index (χ1v) is 10.5. The van der Waals surface area contributed by atoms with Gasteiger partial charge in [-0.05, 0) is 54.5 Å². The molecule has 0 N–H and O–H groups in total. The van der Waals surface area contributed by atoms with E-state index in [-0.39, 0.29) is 11.6 Å². The van der Waals surface area contributed by atoms with E-state index in [2.05, 4.69) is 13.0 Å². The van der Waals surface area contributed by atoms with Crippen LogP contribution in [0.3, 0.4) is 0 Å². The molecule has 0 spiro atoms. The van der Waals surface area contributed by atoms with Crippen LogP contribution in [-0.2, 0) is 17.9 Å². The zero-order valence-electron chi connectivity index (χ0n) is 18.0. The zero-order valence-corrected chi connectivity index (χ0v) is 18.0. The summed E-state index contributed by atoms with van der Waals surface area (Å²) in [6, 6.07) is 18.1. The van der Waals surface area contributed by atoms with Gasteiger partial charge in [0.15, 0.2) is 0 Å². The Morgan fingerprint density at radius 1 is 1.03 bits per heavy atom. The third-order valence-electron chi connectivity index (χ3n) is 5.76. The molecule has 2 aromatic heterocycles. The van der Waals surface area contributed by atoms with E-state index in [0.717, 1.165) is 33.9 Å². The van der Waals surface area contributed by atoms with Gasteiger partial charge in [-0.25, -0.2) is 4.68 Å². The summed E-state index contributed by atoms with van der Waals surface area (Å²) in [6.45, 7) is 2.93. The van der Waals surface area contributed by atoms with E-state index in [1.807, 2.05) is 52.0 Å². The second-order valence-electron chi connectivity index (χ2n) is 7.91. The Hall–Kier alpha value is -4.46. The molecule has 5 rings (SSSR count). The van der Waals surface area contributed by atoms with Gasteiger partial charge in [0.05, 0.1) is 29.4 Å². The Kier molecular flexibility index (Phi) is 5.10. The van der Waals surface area contributed by atoms with Crippen LogP contribution in [0.5, 0.6) is 0 Å². The maximum Gasteiger partial charge on any atom is 0.269 e. The molecule has 164 valence electrons. The summed E-state index contributed by atoms with van der Waals surface area (Å²) >= 11 is 0. The van der Waals surface area contributed by atoms with Crippen LogP contribution in [0.25, 0.3) is 17.6 Å². The second-order valence-corrected chi connectivity index (χ2v) is 7.91. The molecule has 0 bridgehead atoms. The number of hydrogen-bond acceptors (Lipinski definition) is 4. The van der Waals surface area contributed by atoms with Crippen LogP contribution >= 0.6 is 0 Å². The molecule has 0 saturated heterocycles. The van der Waals surface area contributed by atoms with Crippen LogP contribution in [-0.4, -0.2) is 30.1 Å². The summed E-state index contributed by atoms with van der Waals surface area (Å²) in [5.74, 6) is 0.797. The number of para-hydroxylation sites is 1. The average Bonchev–Trinajstić information content (AvgIpc) is 3.54. The highest BCUT2D eigenvalue weighted by Crippen LogP contribution is 2.31. The number of benzene rings is 2. The van der Waals surface area contributed by atoms with Gasteiger partial charge < -0.3 is 9.47 Å². The number of fused-ring (bicyclic) bond motifs is 1. The molecule has 0 unspecified atom stereocenters. The predicted octanol–water partition coefficient (Wildman–Crippen LogP) is 4.44. The topological polar surface area (TPSA) is 86.2 Å². The lowest BCUT2D eigenvalue weighted by Gasteiger charge is -2.16. The molecule has 1 aliphatic rings. The molecular formula is C25H21N5O3. The van der Waals surface area contributed by atoms with Gasteiger partial charge in [-0.3, -0.25) is 14.9 Å². The molecular weight excluding hydrogens is 418 g/mol. The van der Waals surface area contributed by atoms with E-state index in [0.29, 0.717) is 13.1 Å². The molecule has 8 nitrogen and oxygen atoms in total. The average molecular weight is 439 g/mol. The third kappa shape index (κ3) is 3.82. The van der Waals surface area contributed by atoms with Crippen molar-refractivity contribution in [1.29, 1.82) is 0 Å². The Morgan fingerprint density at radius 3 is 2.45 bits per heavy atom. The minimum Gasteiger partial charge on any atom is -0.329 e. The molecule has 3 heterocycles. The van der Waals surface area contributed by atoms with Crippen molar-refractivity contribution >= 4 is 17.7 Å². The van der Waals surface area contributed by atoms with Gasteiger partial charge in [0.2, 0.25) is 5.91 Å². The van der Waals surface area contributed by atoms with Crippen molar-refractivity contribution in [3.8, 4) is 11.5 Å². The molecule has 4 aromatic rings. The van der Waals surface area contributed by atoms with E-state index < -0.39 is 4.92 Å². The largest absolute Gasteiger partial charge is 0.329 e. The SMILES string of the molecule is Cc1ccccc1-n1nc2c(c1-n1cccc1)CN(C(=O)C=Cc1ccc([N+](=O)[O-])cc1)C2. The number of carbonyl (C=O) groups is 1. The van der Waals surface area contributed by atoms with Gasteiger partial charge in [-0.15, -0.1) is 0 Å². The molecule has 0 radical (unpaired) electrons. The van der Waals surface area contributed by atoms with Gasteiger partial charge in [0, 0.05) is 36.2 Å². The summed E-state index contributed by atoms with van der Waals surface area (Å²) in [4.78, 5) is 25.0. The molecule has 8 heteroatoms. The number of nitro benzene ring substituents is 1. The number of nitro groups is 1. The van der Waals surface area contributed by atoms with E-state index in [1.165, 1.54) is 18.2 Å². The Morgan fingerprint density at radius 2 is 1.76 bits per heavy atom. The monoisotopic (exact) mass is 439 g/mol. The van der Waals surface area contributed by atoms with Crippen molar-refractivity contribution in [2.45, 2.75) is 20.0 Å². The first-order chi connectivity index (χ1) is 16.0. The van der Waals surface area contributed by atoms with Gasteiger partial charge >= 0.3 is 0 Å². The Labute approximate surface area is 190 Å². The van der Waals surface area contributed by atoms with Crippen LogP contribution in [0.15, 0.2) is 79.1 Å². The lowest BCUT2D eigenvalue weighted by atomic mass is 10.2. The third-order valence-corrected chi connectivity index (χ3v) is 5.76. The number of aromatic nitrogens is 3. The van der Waals surface area contributed by atoms with Crippen molar-refractivity contribution in [2.75, 3.05) is 0 Å². The summed E-state index contributed by atoms with van der Waals surface area (Å²) in [6.07, 6.45) is 7.12. The van der Waals surface area contributed by atoms with E-state index in [9.17, 15) is 14.9 Å². The fourth-order valence-corrected chi connectivity index (χ4v) is 4.05. The first-order valence-electron chi connectivity index (χ1n) is 10.5. The van der Waals surface area contributed by atoms with Crippen LogP contribution in [0.1, 0.15) is 22.4 Å². The summed E-state index contributed by atoms with van der Waals surface area (Å²) in [7, 11) is 0. The van der Waals surface area contributed by atoms with Crippen molar-refractivity contribution in [3.05, 3.63) is 112 Å². The fraction of sp³-hybridized carbons (Fsp3) is 0.120. The van der Waals surface area contributed by atoms with Gasteiger partial charge in [-0.2, -0.15) is 5.10 Å². The lowest BCUT2D eigenvalue weighted by Crippen LogP contribution is -2.24. The minimum atomic E-state index is -0.446. The van der Waals surface area contributed by atoms with Crippen molar-refractivity contribution in [3.63, 3.8) is 0 Å². The zero-order chi connectivity index (χ0) is 22.9. The number of nitrogens with zero attached hydrogens (tertiary/aromatic N) is 5. The highest BCUT2D eigenvalue weighted by molar-refractivity contribution is 5.92. The predicted molar refractivity (Wildman–Crippen MR) is 124 cm³/mol. The molecule has 33 heavy (non-hydrogen) atoms. The first kappa shape index (κ1) is 20.4. The standard InChI is InChI=1S/C25H21N5O3/c1-18-6-2-3-7-23(18)29-25(27-14-4-5-15-27)21-16-28(17-22(21)26-29)24(31)13-10-19-8-11-20(12-9-19)30(32)33/h2-15H,16-17H2,1H3. The Balaban J connectivity index is 1.41. The fourth-order valence-electron chi connectivity index (χ4n) is 4.05. The highest BCUT2D eigenvalue weighted by Gasteiger charge is 2.30. The summed E-state index contributed by atoms with van der Waals surface area (Å²) in [5.41, 5.74) is 4.76. The number of non-ortho nitro benzene ring substituents is 1. The minimum absolute atomic E-state index is 0.0199. The van der Waals surface area contributed by atoms with Crippen LogP contribution in [0, 0.1) is 17.0 Å². The number of aryl methyl sites for hydroxylation is 1.